The van der Waals surface area contributed by atoms with Crippen LogP contribution in [-0.4, -0.2) is 0 Å². The molecule has 0 radical (unpaired) electrons. The van der Waals surface area contributed by atoms with Gasteiger partial charge in [-0.25, -0.2) is 0 Å². The molecule has 0 spiro atoms. The standard InChI is InChI=1S/C9H10I/c1-2-10-8-9-6-4-3-5-7-9/h2-7H,1,8H2/q-1. The van der Waals surface area contributed by atoms with Gasteiger partial charge in [-0.05, 0) is 0 Å². The van der Waals surface area contributed by atoms with E-state index in [1.165, 1.54) is 9.99 Å². The van der Waals surface area contributed by atoms with Gasteiger partial charge in [-0.2, -0.15) is 0 Å². The molecular weight excluding hydrogens is 235 g/mol. The molecule has 0 saturated carbocycles. The van der Waals surface area contributed by atoms with Gasteiger partial charge in [-0.3, -0.25) is 0 Å². The molecule has 54 valence electrons. The fourth-order valence-electron chi connectivity index (χ4n) is 0.711. The van der Waals surface area contributed by atoms with Crippen LogP contribution in [0.1, 0.15) is 5.56 Å². The van der Waals surface area contributed by atoms with Crippen molar-refractivity contribution in [3.05, 3.63) is 46.6 Å². The predicted octanol–water partition coefficient (Wildman–Crippen LogP) is -0.581. The van der Waals surface area contributed by atoms with E-state index >= 15 is 0 Å². The third-order valence-electron chi connectivity index (χ3n) is 1.18. The van der Waals surface area contributed by atoms with Gasteiger partial charge in [0.2, 0.25) is 0 Å². The third kappa shape index (κ3) is 2.52. The molecule has 0 aliphatic heterocycles. The molecule has 0 aromatic heterocycles. The molecule has 0 atom stereocenters. The summed E-state index contributed by atoms with van der Waals surface area (Å²) in [6, 6.07) is 10.6. The minimum absolute atomic E-state index is 0.213. The molecule has 0 aliphatic rings. The van der Waals surface area contributed by atoms with E-state index in [1.54, 1.807) is 0 Å². The summed E-state index contributed by atoms with van der Waals surface area (Å²) in [6.45, 7) is 3.72. The number of hydrogen-bond donors (Lipinski definition) is 0. The zero-order valence-corrected chi connectivity index (χ0v) is 7.91. The van der Waals surface area contributed by atoms with E-state index in [0.717, 1.165) is 0 Å². The van der Waals surface area contributed by atoms with Crippen molar-refractivity contribution in [1.29, 1.82) is 0 Å². The van der Waals surface area contributed by atoms with Gasteiger partial charge in [0.1, 0.15) is 0 Å². The van der Waals surface area contributed by atoms with Crippen LogP contribution in [0.2, 0.25) is 0 Å². The third-order valence-corrected chi connectivity index (χ3v) is 3.13. The Bertz CT molecular complexity index is 191. The number of halogens is 1. The summed E-state index contributed by atoms with van der Waals surface area (Å²) in [4.78, 5) is 0. The van der Waals surface area contributed by atoms with Crippen molar-refractivity contribution in [1.82, 2.24) is 0 Å². The van der Waals surface area contributed by atoms with Gasteiger partial charge < -0.3 is 0 Å². The molecule has 0 aliphatic carbocycles. The fourth-order valence-corrected chi connectivity index (χ4v) is 2.04. The number of rotatable bonds is 3. The molecule has 1 heteroatoms. The quantitative estimate of drug-likeness (QED) is 0.493. The van der Waals surface area contributed by atoms with Gasteiger partial charge in [-0.15, -0.1) is 0 Å². The summed E-state index contributed by atoms with van der Waals surface area (Å²) in [6.07, 6.45) is 0. The zero-order chi connectivity index (χ0) is 7.23. The van der Waals surface area contributed by atoms with Crippen molar-refractivity contribution < 1.29 is 21.2 Å². The summed E-state index contributed by atoms with van der Waals surface area (Å²) >= 11 is 0.213. The molecule has 0 amide bonds. The number of benzene rings is 1. The topological polar surface area (TPSA) is 0 Å². The molecule has 1 rings (SSSR count). The molecule has 0 fully saturated rings. The van der Waals surface area contributed by atoms with Gasteiger partial charge in [-0.1, -0.05) is 0 Å². The normalized spacial score (nSPS) is 9.60. The Morgan fingerprint density at radius 2 is 2.00 bits per heavy atom. The Kier molecular flexibility index (Phi) is 3.50. The molecule has 0 heterocycles. The molecule has 1 aromatic carbocycles. The molecule has 0 N–H and O–H groups in total. The number of alkyl halides is 1. The summed E-state index contributed by atoms with van der Waals surface area (Å²) in [5, 5.41) is 0. The second-order valence-corrected chi connectivity index (χ2v) is 4.45. The first kappa shape index (κ1) is 7.79. The second-order valence-electron chi connectivity index (χ2n) is 1.93. The van der Waals surface area contributed by atoms with Gasteiger partial charge in [0.05, 0.1) is 0 Å². The summed E-state index contributed by atoms with van der Waals surface area (Å²) in [7, 11) is 0. The van der Waals surface area contributed by atoms with Crippen LogP contribution in [0.15, 0.2) is 41.0 Å². The van der Waals surface area contributed by atoms with Crippen LogP contribution in [0.5, 0.6) is 0 Å². The van der Waals surface area contributed by atoms with E-state index in [2.05, 4.69) is 41.0 Å². The maximum absolute atomic E-state index is 3.72. The minimum atomic E-state index is 0.213. The summed E-state index contributed by atoms with van der Waals surface area (Å²) in [5.41, 5.74) is 1.44. The average Bonchev–Trinajstić information content (AvgIpc) is 2.03. The first-order valence-electron chi connectivity index (χ1n) is 3.16. The van der Waals surface area contributed by atoms with E-state index in [4.69, 9.17) is 0 Å². The van der Waals surface area contributed by atoms with Gasteiger partial charge >= 0.3 is 72.2 Å². The van der Waals surface area contributed by atoms with Crippen LogP contribution < -0.4 is 21.2 Å². The molecule has 1 aromatic rings. The van der Waals surface area contributed by atoms with E-state index in [0.29, 0.717) is 0 Å². The molecule has 0 bridgehead atoms. The molecular formula is C9H10I-. The van der Waals surface area contributed by atoms with Crippen LogP contribution in [0.3, 0.4) is 0 Å². The van der Waals surface area contributed by atoms with Crippen LogP contribution in [0.4, 0.5) is 0 Å². The zero-order valence-electron chi connectivity index (χ0n) is 5.76. The fraction of sp³-hybridized carbons (Fsp3) is 0.111. The molecule has 0 unspecified atom stereocenters. The number of hydrogen-bond acceptors (Lipinski definition) is 0. The van der Waals surface area contributed by atoms with Gasteiger partial charge in [0.15, 0.2) is 0 Å². The predicted molar refractivity (Wildman–Crippen MR) is 40.3 cm³/mol. The van der Waals surface area contributed by atoms with Crippen molar-refractivity contribution in [2.24, 2.45) is 0 Å². The summed E-state index contributed by atoms with van der Waals surface area (Å²) < 4.78 is 3.29. The van der Waals surface area contributed by atoms with Crippen molar-refractivity contribution in [2.75, 3.05) is 0 Å². The maximum atomic E-state index is 3.72. The Morgan fingerprint density at radius 3 is 2.60 bits per heavy atom. The molecule has 10 heavy (non-hydrogen) atoms. The first-order chi connectivity index (χ1) is 4.93. The van der Waals surface area contributed by atoms with Crippen LogP contribution >= 0.6 is 0 Å². The Hall–Kier alpha value is -0.310. The van der Waals surface area contributed by atoms with E-state index < -0.39 is 0 Å². The Morgan fingerprint density at radius 1 is 1.30 bits per heavy atom. The molecule has 0 nitrogen and oxygen atoms in total. The summed E-state index contributed by atoms with van der Waals surface area (Å²) in [5.74, 6) is 0. The van der Waals surface area contributed by atoms with Crippen LogP contribution in [0, 0.1) is 0 Å². The van der Waals surface area contributed by atoms with Crippen LogP contribution in [-0.2, 0) is 4.43 Å². The Balaban J connectivity index is 2.50. The van der Waals surface area contributed by atoms with Crippen molar-refractivity contribution >= 4 is 0 Å². The second kappa shape index (κ2) is 4.50. The van der Waals surface area contributed by atoms with Gasteiger partial charge in [0.25, 0.3) is 0 Å². The van der Waals surface area contributed by atoms with Gasteiger partial charge in [0, 0.05) is 0 Å². The first-order valence-corrected chi connectivity index (χ1v) is 5.93. The van der Waals surface area contributed by atoms with Crippen molar-refractivity contribution in [3.8, 4) is 0 Å². The van der Waals surface area contributed by atoms with E-state index in [9.17, 15) is 0 Å². The molecule has 0 saturated heterocycles. The SMILES string of the molecule is C=C[I-]Cc1ccccc1. The Labute approximate surface area is 72.2 Å². The average molecular weight is 245 g/mol. The van der Waals surface area contributed by atoms with Crippen molar-refractivity contribution in [2.45, 2.75) is 4.43 Å². The monoisotopic (exact) mass is 245 g/mol. The van der Waals surface area contributed by atoms with E-state index in [-0.39, 0.29) is 21.2 Å². The van der Waals surface area contributed by atoms with E-state index in [1.807, 2.05) is 0 Å². The van der Waals surface area contributed by atoms with Crippen molar-refractivity contribution in [3.63, 3.8) is 0 Å². The van der Waals surface area contributed by atoms with Crippen LogP contribution in [0.25, 0.3) is 0 Å².